The second-order valence-corrected chi connectivity index (χ2v) is 7.76. The SMILES string of the molecule is CCCCCC(CCCCCC(O)CCCC)S(=O)(=O)O. The maximum Gasteiger partial charge on any atom is 0.267 e. The molecule has 2 atom stereocenters. The van der Waals surface area contributed by atoms with E-state index in [2.05, 4.69) is 13.8 Å². The normalized spacial score (nSPS) is 15.0. The summed E-state index contributed by atoms with van der Waals surface area (Å²) in [7, 11) is -3.91. The zero-order valence-corrected chi connectivity index (χ0v) is 14.6. The fourth-order valence-corrected chi connectivity index (χ4v) is 3.51. The number of aliphatic hydroxyl groups is 1. The largest absolute Gasteiger partial charge is 0.393 e. The van der Waals surface area contributed by atoms with Gasteiger partial charge in [0.1, 0.15) is 0 Å². The molecule has 0 heterocycles. The van der Waals surface area contributed by atoms with E-state index in [0.717, 1.165) is 64.2 Å². The summed E-state index contributed by atoms with van der Waals surface area (Å²) in [6.45, 7) is 4.19. The summed E-state index contributed by atoms with van der Waals surface area (Å²) >= 11 is 0. The van der Waals surface area contributed by atoms with Gasteiger partial charge in [-0.25, -0.2) is 0 Å². The third-order valence-electron chi connectivity index (χ3n) is 4.01. The fraction of sp³-hybridized carbons (Fsp3) is 1.00. The molecule has 2 unspecified atom stereocenters. The monoisotopic (exact) mass is 322 g/mol. The lowest BCUT2D eigenvalue weighted by Crippen LogP contribution is -2.20. The van der Waals surface area contributed by atoms with E-state index in [9.17, 15) is 18.1 Å². The van der Waals surface area contributed by atoms with E-state index in [1.807, 2.05) is 0 Å². The number of hydrogen-bond acceptors (Lipinski definition) is 3. The van der Waals surface area contributed by atoms with Crippen LogP contribution in [-0.4, -0.2) is 29.4 Å². The highest BCUT2D eigenvalue weighted by Gasteiger charge is 2.21. The third kappa shape index (κ3) is 12.1. The van der Waals surface area contributed by atoms with Crippen molar-refractivity contribution in [3.8, 4) is 0 Å². The van der Waals surface area contributed by atoms with Gasteiger partial charge in [-0.05, 0) is 25.7 Å². The van der Waals surface area contributed by atoms with Crippen LogP contribution >= 0.6 is 0 Å². The van der Waals surface area contributed by atoms with Gasteiger partial charge in [0.25, 0.3) is 10.1 Å². The number of hydrogen-bond donors (Lipinski definition) is 2. The quantitative estimate of drug-likeness (QED) is 0.369. The molecule has 0 aliphatic rings. The number of unbranched alkanes of at least 4 members (excludes halogenated alkanes) is 5. The van der Waals surface area contributed by atoms with Crippen molar-refractivity contribution >= 4 is 10.1 Å². The lowest BCUT2D eigenvalue weighted by atomic mass is 10.0. The molecule has 0 aromatic heterocycles. The summed E-state index contributed by atoms with van der Waals surface area (Å²) in [5.41, 5.74) is 0. The Morgan fingerprint density at radius 1 is 0.762 bits per heavy atom. The Morgan fingerprint density at radius 3 is 1.76 bits per heavy atom. The molecule has 5 heteroatoms. The van der Waals surface area contributed by atoms with E-state index in [-0.39, 0.29) is 6.10 Å². The van der Waals surface area contributed by atoms with Crippen LogP contribution in [0.3, 0.4) is 0 Å². The molecule has 0 spiro atoms. The predicted octanol–water partition coefficient (Wildman–Crippen LogP) is 4.32. The van der Waals surface area contributed by atoms with Gasteiger partial charge in [-0.3, -0.25) is 4.55 Å². The fourth-order valence-electron chi connectivity index (χ4n) is 2.58. The summed E-state index contributed by atoms with van der Waals surface area (Å²) in [6.07, 6.45) is 10.3. The highest BCUT2D eigenvalue weighted by Crippen LogP contribution is 2.18. The molecule has 4 nitrogen and oxygen atoms in total. The molecule has 128 valence electrons. The van der Waals surface area contributed by atoms with Crippen LogP contribution in [0.4, 0.5) is 0 Å². The van der Waals surface area contributed by atoms with Crippen molar-refractivity contribution < 1.29 is 18.1 Å². The van der Waals surface area contributed by atoms with E-state index in [1.54, 1.807) is 0 Å². The van der Waals surface area contributed by atoms with E-state index in [4.69, 9.17) is 0 Å². The highest BCUT2D eigenvalue weighted by molar-refractivity contribution is 7.86. The van der Waals surface area contributed by atoms with Crippen molar-refractivity contribution in [1.29, 1.82) is 0 Å². The van der Waals surface area contributed by atoms with Crippen LogP contribution in [0.15, 0.2) is 0 Å². The van der Waals surface area contributed by atoms with Gasteiger partial charge in [-0.2, -0.15) is 8.42 Å². The van der Waals surface area contributed by atoms with Gasteiger partial charge in [-0.15, -0.1) is 0 Å². The zero-order valence-electron chi connectivity index (χ0n) is 13.8. The molecule has 0 aromatic rings. The van der Waals surface area contributed by atoms with Gasteiger partial charge in [0.15, 0.2) is 0 Å². The summed E-state index contributed by atoms with van der Waals surface area (Å²) in [5, 5.41) is 9.12. The van der Waals surface area contributed by atoms with Crippen LogP contribution in [0, 0.1) is 0 Å². The van der Waals surface area contributed by atoms with Gasteiger partial charge in [0.05, 0.1) is 11.4 Å². The van der Waals surface area contributed by atoms with Crippen molar-refractivity contribution in [2.75, 3.05) is 0 Å². The Kier molecular flexibility index (Phi) is 12.3. The first-order valence-corrected chi connectivity index (χ1v) is 10.1. The van der Waals surface area contributed by atoms with Crippen LogP contribution in [0.2, 0.25) is 0 Å². The van der Waals surface area contributed by atoms with Crippen molar-refractivity contribution in [3.63, 3.8) is 0 Å². The Balaban J connectivity index is 3.83. The first kappa shape index (κ1) is 20.9. The molecule has 0 saturated carbocycles. The van der Waals surface area contributed by atoms with Crippen molar-refractivity contribution in [2.24, 2.45) is 0 Å². The molecule has 0 rings (SSSR count). The van der Waals surface area contributed by atoms with Crippen LogP contribution in [0.5, 0.6) is 0 Å². The molecule has 0 amide bonds. The Labute approximate surface area is 131 Å². The molecule has 0 aromatic carbocycles. The molecule has 0 fully saturated rings. The minimum Gasteiger partial charge on any atom is -0.393 e. The summed E-state index contributed by atoms with van der Waals surface area (Å²) in [6, 6.07) is 0. The molecule has 0 bridgehead atoms. The maximum atomic E-state index is 11.3. The summed E-state index contributed by atoms with van der Waals surface area (Å²) < 4.78 is 31.9. The zero-order chi connectivity index (χ0) is 16.1. The first-order chi connectivity index (χ1) is 9.91. The van der Waals surface area contributed by atoms with Crippen molar-refractivity contribution in [3.05, 3.63) is 0 Å². The van der Waals surface area contributed by atoms with Crippen LogP contribution in [-0.2, 0) is 10.1 Å². The Morgan fingerprint density at radius 2 is 1.24 bits per heavy atom. The maximum absolute atomic E-state index is 11.3. The molecule has 0 saturated heterocycles. The predicted molar refractivity (Wildman–Crippen MR) is 88.1 cm³/mol. The van der Waals surface area contributed by atoms with Crippen molar-refractivity contribution in [1.82, 2.24) is 0 Å². The van der Waals surface area contributed by atoms with Gasteiger partial charge >= 0.3 is 0 Å². The third-order valence-corrected chi connectivity index (χ3v) is 5.32. The second kappa shape index (κ2) is 12.4. The standard InChI is InChI=1S/C16H34O4S/c1-3-5-8-13-16(21(18,19)20)14-10-7-9-12-15(17)11-6-4-2/h15-17H,3-14H2,1-2H3,(H,18,19,20). The highest BCUT2D eigenvalue weighted by atomic mass is 32.2. The van der Waals surface area contributed by atoms with Gasteiger partial charge in [0.2, 0.25) is 0 Å². The van der Waals surface area contributed by atoms with Crippen LogP contribution < -0.4 is 0 Å². The van der Waals surface area contributed by atoms with Crippen molar-refractivity contribution in [2.45, 2.75) is 102 Å². The Bertz CT molecular complexity index is 327. The molecular formula is C16H34O4S. The minimum atomic E-state index is -3.91. The lowest BCUT2D eigenvalue weighted by molar-refractivity contribution is 0.148. The molecule has 21 heavy (non-hydrogen) atoms. The molecule has 0 aliphatic heterocycles. The molecule has 0 aliphatic carbocycles. The van der Waals surface area contributed by atoms with Crippen LogP contribution in [0.1, 0.15) is 90.9 Å². The van der Waals surface area contributed by atoms with E-state index in [1.165, 1.54) is 0 Å². The minimum absolute atomic E-state index is 0.216. The molecule has 0 radical (unpaired) electrons. The van der Waals surface area contributed by atoms with Gasteiger partial charge in [0, 0.05) is 0 Å². The average Bonchev–Trinajstić information content (AvgIpc) is 2.41. The average molecular weight is 323 g/mol. The molecular weight excluding hydrogens is 288 g/mol. The topological polar surface area (TPSA) is 74.6 Å². The number of aliphatic hydroxyl groups excluding tert-OH is 1. The first-order valence-electron chi connectivity index (χ1n) is 8.56. The molecule has 2 N–H and O–H groups in total. The number of rotatable bonds is 14. The smallest absolute Gasteiger partial charge is 0.267 e. The second-order valence-electron chi connectivity index (χ2n) is 6.07. The summed E-state index contributed by atoms with van der Waals surface area (Å²) in [5.74, 6) is 0. The lowest BCUT2D eigenvalue weighted by Gasteiger charge is -2.14. The van der Waals surface area contributed by atoms with Gasteiger partial charge in [-0.1, -0.05) is 65.2 Å². The van der Waals surface area contributed by atoms with E-state index in [0.29, 0.717) is 12.8 Å². The van der Waals surface area contributed by atoms with E-state index >= 15 is 0 Å². The van der Waals surface area contributed by atoms with Gasteiger partial charge < -0.3 is 5.11 Å². The van der Waals surface area contributed by atoms with E-state index < -0.39 is 15.4 Å². The Hall–Kier alpha value is -0.130. The van der Waals surface area contributed by atoms with Crippen LogP contribution in [0.25, 0.3) is 0 Å². The summed E-state index contributed by atoms with van der Waals surface area (Å²) in [4.78, 5) is 0.